The maximum Gasteiger partial charge on any atom is 0.192 e. The molecule has 0 spiro atoms. The van der Waals surface area contributed by atoms with Gasteiger partial charge in [0.2, 0.25) is 0 Å². The fourth-order valence-electron chi connectivity index (χ4n) is 6.17. The van der Waals surface area contributed by atoms with Crippen LogP contribution < -0.4 is 0 Å². The Balaban J connectivity index is 1.69. The van der Waals surface area contributed by atoms with E-state index in [0.29, 0.717) is 5.69 Å². The molecule has 0 bridgehead atoms. The van der Waals surface area contributed by atoms with Gasteiger partial charge in [0, 0.05) is 21.5 Å². The summed E-state index contributed by atoms with van der Waals surface area (Å²) < 4.78 is 4.74. The Hall–Kier alpha value is -4.81. The Labute approximate surface area is 228 Å². The van der Waals surface area contributed by atoms with E-state index in [1.807, 2.05) is 6.92 Å². The summed E-state index contributed by atoms with van der Waals surface area (Å²) >= 11 is 0. The number of nitrogens with zero attached hydrogens (tertiary/aromatic N) is 3. The molecule has 3 heteroatoms. The van der Waals surface area contributed by atoms with Gasteiger partial charge in [-0.1, -0.05) is 46.5 Å². The molecule has 2 aromatic heterocycles. The van der Waals surface area contributed by atoms with E-state index in [1.54, 1.807) is 0 Å². The van der Waals surface area contributed by atoms with Crippen molar-refractivity contribution >= 4 is 49.3 Å². The van der Waals surface area contributed by atoms with Crippen molar-refractivity contribution in [1.29, 1.82) is 0 Å². The maximum atomic E-state index is 7.95. The first-order chi connectivity index (χ1) is 18.8. The summed E-state index contributed by atoms with van der Waals surface area (Å²) in [6, 6.07) is 31.1. The van der Waals surface area contributed by atoms with E-state index in [1.165, 1.54) is 54.8 Å². The van der Waals surface area contributed by atoms with Crippen LogP contribution in [0.5, 0.6) is 0 Å². The average molecular weight is 504 g/mol. The number of hydrogen-bond donors (Lipinski definition) is 0. The molecule has 0 aliphatic rings. The largest absolute Gasteiger partial charge is 0.308 e. The van der Waals surface area contributed by atoms with Crippen LogP contribution in [0.4, 0.5) is 5.69 Å². The van der Waals surface area contributed by atoms with E-state index in [9.17, 15) is 0 Å². The number of aryl methyl sites for hydroxylation is 5. The molecular formula is C36H29N3. The topological polar surface area (TPSA) is 14.2 Å². The fourth-order valence-corrected chi connectivity index (χ4v) is 6.17. The van der Waals surface area contributed by atoms with Crippen LogP contribution in [0.25, 0.3) is 59.8 Å². The smallest absolute Gasteiger partial charge is 0.192 e. The highest BCUT2D eigenvalue weighted by Gasteiger charge is 2.21. The third-order valence-corrected chi connectivity index (χ3v) is 8.05. The monoisotopic (exact) mass is 503 g/mol. The van der Waals surface area contributed by atoms with Crippen molar-refractivity contribution < 1.29 is 0 Å². The number of fused-ring (bicyclic) bond motifs is 6. The average Bonchev–Trinajstić information content (AvgIpc) is 3.39. The van der Waals surface area contributed by atoms with Gasteiger partial charge in [0.1, 0.15) is 0 Å². The summed E-state index contributed by atoms with van der Waals surface area (Å²) in [5.41, 5.74) is 13.4. The van der Waals surface area contributed by atoms with Crippen molar-refractivity contribution in [3.8, 4) is 11.4 Å². The predicted octanol–water partition coefficient (Wildman–Crippen LogP) is 9.97. The van der Waals surface area contributed by atoms with E-state index >= 15 is 0 Å². The van der Waals surface area contributed by atoms with Crippen LogP contribution in [0.1, 0.15) is 27.8 Å². The lowest BCUT2D eigenvalue weighted by Gasteiger charge is -2.19. The molecule has 0 fully saturated rings. The minimum Gasteiger partial charge on any atom is -0.308 e. The Morgan fingerprint density at radius 3 is 1.13 bits per heavy atom. The van der Waals surface area contributed by atoms with Crippen LogP contribution in [0.3, 0.4) is 0 Å². The van der Waals surface area contributed by atoms with E-state index in [-0.39, 0.29) is 0 Å². The minimum atomic E-state index is 0.676. The Morgan fingerprint density at radius 2 is 0.795 bits per heavy atom. The highest BCUT2D eigenvalue weighted by atomic mass is 15.1. The van der Waals surface area contributed by atoms with Crippen molar-refractivity contribution in [3.05, 3.63) is 124 Å². The first-order valence-electron chi connectivity index (χ1n) is 13.4. The molecule has 0 radical (unpaired) electrons. The zero-order valence-corrected chi connectivity index (χ0v) is 22.9. The summed E-state index contributed by atoms with van der Waals surface area (Å²) in [5, 5.41) is 4.97. The summed E-state index contributed by atoms with van der Waals surface area (Å²) in [6.07, 6.45) is 0. The van der Waals surface area contributed by atoms with Gasteiger partial charge in [-0.3, -0.25) is 0 Å². The molecule has 3 nitrogen and oxygen atoms in total. The molecule has 0 N–H and O–H groups in total. The van der Waals surface area contributed by atoms with E-state index in [4.69, 9.17) is 6.57 Å². The van der Waals surface area contributed by atoms with Gasteiger partial charge in [0.25, 0.3) is 0 Å². The first-order valence-corrected chi connectivity index (χ1v) is 13.4. The molecule has 0 unspecified atom stereocenters. The molecule has 7 rings (SSSR count). The second-order valence-electron chi connectivity index (χ2n) is 11.0. The predicted molar refractivity (Wildman–Crippen MR) is 165 cm³/mol. The first kappa shape index (κ1) is 23.3. The summed E-state index contributed by atoms with van der Waals surface area (Å²) in [5.74, 6) is 0. The minimum absolute atomic E-state index is 0.676. The number of benzene rings is 5. The molecule has 0 saturated carbocycles. The Bertz CT molecular complexity index is 2060. The molecular weight excluding hydrogens is 474 g/mol. The van der Waals surface area contributed by atoms with Gasteiger partial charge in [-0.2, -0.15) is 0 Å². The van der Waals surface area contributed by atoms with Crippen LogP contribution in [0.15, 0.2) is 84.9 Å². The van der Waals surface area contributed by atoms with Crippen molar-refractivity contribution in [2.24, 2.45) is 0 Å². The van der Waals surface area contributed by atoms with Gasteiger partial charge in [-0.15, -0.1) is 0 Å². The van der Waals surface area contributed by atoms with Crippen LogP contribution in [0, 0.1) is 41.2 Å². The summed E-state index contributed by atoms with van der Waals surface area (Å²) in [6.45, 7) is 18.6. The molecule has 39 heavy (non-hydrogen) atoms. The van der Waals surface area contributed by atoms with Crippen LogP contribution >= 0.6 is 0 Å². The highest BCUT2D eigenvalue weighted by molar-refractivity contribution is 6.12. The Morgan fingerprint density at radius 1 is 0.462 bits per heavy atom. The molecule has 0 saturated heterocycles. The van der Waals surface area contributed by atoms with Crippen LogP contribution in [-0.2, 0) is 0 Å². The Kier molecular flexibility index (Phi) is 4.99. The van der Waals surface area contributed by atoms with E-state index in [0.717, 1.165) is 28.0 Å². The number of rotatable bonds is 2. The second-order valence-corrected chi connectivity index (χ2v) is 11.0. The van der Waals surface area contributed by atoms with E-state index < -0.39 is 0 Å². The number of hydrogen-bond acceptors (Lipinski definition) is 0. The zero-order chi connectivity index (χ0) is 27.0. The van der Waals surface area contributed by atoms with Gasteiger partial charge in [0.15, 0.2) is 5.69 Å². The van der Waals surface area contributed by atoms with Crippen molar-refractivity contribution in [2.45, 2.75) is 34.6 Å². The molecule has 7 aromatic rings. The SMILES string of the molecule is [C-]#[N+]c1cc(-n2c3ccc(C)cc3c3cc(C)ccc32)c(-n2c3ccc(C)cc3c3cc(C)ccc32)cc1C. The lowest BCUT2D eigenvalue weighted by Crippen LogP contribution is -2.04. The number of aromatic nitrogens is 2. The lowest BCUT2D eigenvalue weighted by molar-refractivity contribution is 1.09. The molecule has 0 amide bonds. The van der Waals surface area contributed by atoms with Crippen molar-refractivity contribution in [1.82, 2.24) is 9.13 Å². The van der Waals surface area contributed by atoms with Crippen molar-refractivity contribution in [3.63, 3.8) is 0 Å². The van der Waals surface area contributed by atoms with Gasteiger partial charge in [-0.25, -0.2) is 4.85 Å². The highest BCUT2D eigenvalue weighted by Crippen LogP contribution is 2.41. The van der Waals surface area contributed by atoms with E-state index in [2.05, 4.69) is 127 Å². The van der Waals surface area contributed by atoms with Gasteiger partial charge < -0.3 is 9.13 Å². The molecule has 0 atom stereocenters. The fraction of sp³-hybridized carbons (Fsp3) is 0.139. The summed E-state index contributed by atoms with van der Waals surface area (Å²) in [7, 11) is 0. The van der Waals surface area contributed by atoms with Crippen molar-refractivity contribution in [2.75, 3.05) is 0 Å². The molecule has 0 aliphatic heterocycles. The molecule has 0 aliphatic carbocycles. The van der Waals surface area contributed by atoms with Crippen LogP contribution in [0.2, 0.25) is 0 Å². The normalized spacial score (nSPS) is 11.7. The van der Waals surface area contributed by atoms with Gasteiger partial charge in [-0.05, 0) is 101 Å². The lowest BCUT2D eigenvalue weighted by atomic mass is 10.1. The third kappa shape index (κ3) is 3.42. The standard InChI is InChI=1S/C36H29N3/c1-21-7-11-31-26(15-21)27-16-22(2)8-12-32(27)38(31)35-19-25(5)30(37-6)20-36(35)39-33-13-9-23(3)17-28(33)29-18-24(4)10-14-34(29)39/h7-20H,1-5H3. The summed E-state index contributed by atoms with van der Waals surface area (Å²) in [4.78, 5) is 3.93. The third-order valence-electron chi connectivity index (χ3n) is 8.05. The molecule has 188 valence electrons. The molecule has 5 aromatic carbocycles. The maximum absolute atomic E-state index is 7.95. The van der Waals surface area contributed by atoms with Gasteiger partial charge in [0.05, 0.1) is 40.0 Å². The quantitative estimate of drug-likeness (QED) is 0.208. The molecule has 2 heterocycles. The van der Waals surface area contributed by atoms with Gasteiger partial charge >= 0.3 is 0 Å². The second kappa shape index (κ2) is 8.35. The van der Waals surface area contributed by atoms with Crippen LogP contribution in [-0.4, -0.2) is 9.13 Å². The zero-order valence-electron chi connectivity index (χ0n) is 22.9.